The van der Waals surface area contributed by atoms with Gasteiger partial charge in [-0.3, -0.25) is 4.90 Å². The van der Waals surface area contributed by atoms with Gasteiger partial charge < -0.3 is 14.6 Å². The lowest BCUT2D eigenvalue weighted by atomic mass is 10.1. The minimum atomic E-state index is 0.550. The van der Waals surface area contributed by atoms with E-state index >= 15 is 0 Å². The Kier molecular flexibility index (Phi) is 7.16. The molecule has 0 bridgehead atoms. The van der Waals surface area contributed by atoms with E-state index in [0.717, 1.165) is 63.3 Å². The zero-order valence-corrected chi connectivity index (χ0v) is 18.8. The highest BCUT2D eigenvalue weighted by Gasteiger charge is 2.18. The maximum Gasteiger partial charge on any atom is 0.295 e. The Morgan fingerprint density at radius 1 is 1.03 bits per heavy atom. The van der Waals surface area contributed by atoms with Gasteiger partial charge in [0.05, 0.1) is 10.0 Å². The predicted octanol–water partition coefficient (Wildman–Crippen LogP) is 5.39. The Labute approximate surface area is 188 Å². The largest absolute Gasteiger partial charge is 0.424 e. The molecule has 1 atom stereocenters. The van der Waals surface area contributed by atoms with Gasteiger partial charge in [0.1, 0.15) is 5.52 Å². The molecule has 0 aliphatic carbocycles. The van der Waals surface area contributed by atoms with Crippen molar-refractivity contribution in [3.05, 3.63) is 58.1 Å². The molecule has 2 aromatic carbocycles. The summed E-state index contributed by atoms with van der Waals surface area (Å²) in [5.41, 5.74) is 2.94. The highest BCUT2D eigenvalue weighted by Crippen LogP contribution is 2.23. The van der Waals surface area contributed by atoms with Crippen LogP contribution in [0.25, 0.3) is 11.1 Å². The van der Waals surface area contributed by atoms with E-state index in [9.17, 15) is 0 Å². The van der Waals surface area contributed by atoms with Gasteiger partial charge in [0.15, 0.2) is 5.58 Å². The molecule has 30 heavy (non-hydrogen) atoms. The molecule has 1 N–H and O–H groups in total. The topological polar surface area (TPSA) is 44.5 Å². The third-order valence-corrected chi connectivity index (χ3v) is 6.43. The fourth-order valence-corrected chi connectivity index (χ4v) is 4.10. The van der Waals surface area contributed by atoms with Crippen LogP contribution in [-0.2, 0) is 6.54 Å². The molecule has 160 valence electrons. The molecule has 1 saturated heterocycles. The first kappa shape index (κ1) is 21.4. The number of aromatic nitrogens is 1. The molecule has 1 unspecified atom stereocenters. The summed E-state index contributed by atoms with van der Waals surface area (Å²) < 4.78 is 5.73. The van der Waals surface area contributed by atoms with Gasteiger partial charge in [-0.05, 0) is 48.7 Å². The zero-order chi connectivity index (χ0) is 20.9. The molecular formula is C23H28Cl2N4O. The molecule has 2 heterocycles. The number of hydrogen-bond donors (Lipinski definition) is 1. The van der Waals surface area contributed by atoms with Crippen LogP contribution in [0.5, 0.6) is 0 Å². The lowest BCUT2D eigenvalue weighted by Crippen LogP contribution is -2.46. The van der Waals surface area contributed by atoms with Crippen LogP contribution in [0.2, 0.25) is 10.0 Å². The number of benzene rings is 2. The van der Waals surface area contributed by atoms with Crippen molar-refractivity contribution >= 4 is 40.3 Å². The van der Waals surface area contributed by atoms with E-state index in [1.54, 1.807) is 0 Å². The van der Waals surface area contributed by atoms with Gasteiger partial charge in [0.25, 0.3) is 6.01 Å². The maximum absolute atomic E-state index is 6.14. The summed E-state index contributed by atoms with van der Waals surface area (Å²) in [5, 5.41) is 4.59. The van der Waals surface area contributed by atoms with Crippen LogP contribution in [0, 0.1) is 5.92 Å². The number of piperazine rings is 1. The molecule has 7 heteroatoms. The van der Waals surface area contributed by atoms with Crippen LogP contribution in [0.3, 0.4) is 0 Å². The Morgan fingerprint density at radius 3 is 2.57 bits per heavy atom. The Hall–Kier alpha value is -1.79. The molecule has 5 nitrogen and oxygen atoms in total. The first-order valence-corrected chi connectivity index (χ1v) is 11.3. The second-order valence-electron chi connectivity index (χ2n) is 8.13. The first-order chi connectivity index (χ1) is 14.6. The second-order valence-corrected chi connectivity index (χ2v) is 8.94. The van der Waals surface area contributed by atoms with Gasteiger partial charge in [-0.2, -0.15) is 4.98 Å². The lowest BCUT2D eigenvalue weighted by molar-refractivity contribution is 0.123. The van der Waals surface area contributed by atoms with Crippen LogP contribution >= 0.6 is 23.2 Å². The normalized spacial score (nSPS) is 16.8. The van der Waals surface area contributed by atoms with Crippen molar-refractivity contribution in [1.82, 2.24) is 14.8 Å². The third kappa shape index (κ3) is 5.67. The predicted molar refractivity (Wildman–Crippen MR) is 124 cm³/mol. The average molecular weight is 447 g/mol. The number of nitrogens with one attached hydrogen (secondary N) is 1. The molecule has 3 aromatic rings. The van der Waals surface area contributed by atoms with E-state index in [0.29, 0.717) is 22.0 Å². The van der Waals surface area contributed by atoms with E-state index in [-0.39, 0.29) is 0 Å². The maximum atomic E-state index is 6.14. The van der Waals surface area contributed by atoms with Gasteiger partial charge >= 0.3 is 0 Å². The summed E-state index contributed by atoms with van der Waals surface area (Å²) in [6, 6.07) is 14.4. The van der Waals surface area contributed by atoms with E-state index in [1.165, 1.54) is 5.56 Å². The van der Waals surface area contributed by atoms with E-state index in [1.807, 2.05) is 36.4 Å². The van der Waals surface area contributed by atoms with Gasteiger partial charge in [0, 0.05) is 39.3 Å². The van der Waals surface area contributed by atoms with Crippen molar-refractivity contribution in [1.29, 1.82) is 0 Å². The van der Waals surface area contributed by atoms with Crippen molar-refractivity contribution in [2.75, 3.05) is 44.6 Å². The van der Waals surface area contributed by atoms with Gasteiger partial charge in [-0.15, -0.1) is 0 Å². The lowest BCUT2D eigenvalue weighted by Gasteiger charge is -2.35. The van der Waals surface area contributed by atoms with Crippen molar-refractivity contribution in [2.45, 2.75) is 19.9 Å². The monoisotopic (exact) mass is 446 g/mol. The average Bonchev–Trinajstić information content (AvgIpc) is 3.17. The smallest absolute Gasteiger partial charge is 0.295 e. The minimum absolute atomic E-state index is 0.550. The molecule has 0 radical (unpaired) electrons. The van der Waals surface area contributed by atoms with Crippen LogP contribution in [0.1, 0.15) is 18.9 Å². The standard InChI is InChI=1S/C23H28Cl2N4O/c1-17(15-26-23-27-21-4-2-3-5-22(21)30-23)8-9-28-10-12-29(13-11-28)16-18-6-7-19(24)20(25)14-18/h2-7,14,17H,8-13,15-16H2,1H3,(H,26,27). The molecule has 1 aliphatic rings. The van der Waals surface area contributed by atoms with Crippen molar-refractivity contribution < 1.29 is 4.42 Å². The highest BCUT2D eigenvalue weighted by molar-refractivity contribution is 6.42. The summed E-state index contributed by atoms with van der Waals surface area (Å²) in [6.07, 6.45) is 1.15. The molecule has 0 spiro atoms. The zero-order valence-electron chi connectivity index (χ0n) is 17.3. The van der Waals surface area contributed by atoms with E-state index in [2.05, 4.69) is 33.1 Å². The number of fused-ring (bicyclic) bond motifs is 1. The number of rotatable bonds is 8. The van der Waals surface area contributed by atoms with Crippen molar-refractivity contribution in [3.8, 4) is 0 Å². The molecule has 4 rings (SSSR count). The SMILES string of the molecule is CC(CCN1CCN(Cc2ccc(Cl)c(Cl)c2)CC1)CNc1nc2ccccc2o1. The number of nitrogens with zero attached hydrogens (tertiary/aromatic N) is 3. The van der Waals surface area contributed by atoms with E-state index in [4.69, 9.17) is 27.6 Å². The molecule has 1 aliphatic heterocycles. The number of oxazole rings is 1. The van der Waals surface area contributed by atoms with Gasteiger partial charge in [0.2, 0.25) is 0 Å². The van der Waals surface area contributed by atoms with Crippen LogP contribution < -0.4 is 5.32 Å². The minimum Gasteiger partial charge on any atom is -0.424 e. The third-order valence-electron chi connectivity index (χ3n) is 5.69. The molecule has 1 aromatic heterocycles. The summed E-state index contributed by atoms with van der Waals surface area (Å²) in [4.78, 5) is 9.52. The fourth-order valence-electron chi connectivity index (χ4n) is 3.78. The summed E-state index contributed by atoms with van der Waals surface area (Å²) in [7, 11) is 0. The molecular weight excluding hydrogens is 419 g/mol. The molecule has 0 amide bonds. The summed E-state index contributed by atoms with van der Waals surface area (Å²) >= 11 is 12.2. The first-order valence-electron chi connectivity index (χ1n) is 10.5. The molecule has 1 fully saturated rings. The number of hydrogen-bond acceptors (Lipinski definition) is 5. The highest BCUT2D eigenvalue weighted by atomic mass is 35.5. The van der Waals surface area contributed by atoms with Gasteiger partial charge in [-0.25, -0.2) is 0 Å². The summed E-state index contributed by atoms with van der Waals surface area (Å²) in [6.45, 7) is 9.55. The van der Waals surface area contributed by atoms with E-state index < -0.39 is 0 Å². The fraction of sp³-hybridized carbons (Fsp3) is 0.435. The van der Waals surface area contributed by atoms with Crippen LogP contribution in [-0.4, -0.2) is 54.1 Å². The van der Waals surface area contributed by atoms with Crippen molar-refractivity contribution in [2.24, 2.45) is 5.92 Å². The second kappa shape index (κ2) is 10.0. The van der Waals surface area contributed by atoms with Crippen LogP contribution in [0.4, 0.5) is 6.01 Å². The summed E-state index contributed by atoms with van der Waals surface area (Å²) in [5.74, 6) is 0.550. The van der Waals surface area contributed by atoms with Crippen LogP contribution in [0.15, 0.2) is 46.9 Å². The number of halogens is 2. The van der Waals surface area contributed by atoms with Crippen molar-refractivity contribution in [3.63, 3.8) is 0 Å². The van der Waals surface area contributed by atoms with Gasteiger partial charge in [-0.1, -0.05) is 48.3 Å². The quantitative estimate of drug-likeness (QED) is 0.502. The Morgan fingerprint density at radius 2 is 1.80 bits per heavy atom. The Bertz CT molecular complexity index is 936. The number of para-hydroxylation sites is 2. The number of anilines is 1. The Balaban J connectivity index is 1.15. The molecule has 0 saturated carbocycles.